The van der Waals surface area contributed by atoms with Crippen molar-refractivity contribution in [1.82, 2.24) is 5.32 Å². The van der Waals surface area contributed by atoms with Gasteiger partial charge in [0.05, 0.1) is 7.11 Å². The van der Waals surface area contributed by atoms with Gasteiger partial charge in [-0.15, -0.1) is 11.8 Å². The van der Waals surface area contributed by atoms with Crippen molar-refractivity contribution in [2.24, 2.45) is 0 Å². The van der Waals surface area contributed by atoms with E-state index in [-0.39, 0.29) is 0 Å². The van der Waals surface area contributed by atoms with Crippen molar-refractivity contribution >= 4 is 0 Å². The highest BCUT2D eigenvalue weighted by Crippen LogP contribution is 2.29. The van der Waals surface area contributed by atoms with E-state index in [1.54, 1.807) is 7.11 Å². The fourth-order valence-electron chi connectivity index (χ4n) is 2.08. The molecule has 0 saturated carbocycles. The van der Waals surface area contributed by atoms with Crippen LogP contribution in [0.25, 0.3) is 0 Å². The van der Waals surface area contributed by atoms with Crippen molar-refractivity contribution in [2.45, 2.75) is 39.7 Å². The number of ether oxygens (including phenoxy) is 1. The van der Waals surface area contributed by atoms with Gasteiger partial charge >= 0.3 is 0 Å². The number of benzene rings is 1. The summed E-state index contributed by atoms with van der Waals surface area (Å²) >= 11 is 0. The van der Waals surface area contributed by atoms with E-state index >= 15 is 0 Å². The molecule has 0 saturated heterocycles. The molecule has 0 bridgehead atoms. The first-order valence-corrected chi connectivity index (χ1v) is 6.50. The van der Waals surface area contributed by atoms with Crippen LogP contribution in [0.3, 0.4) is 0 Å². The molecule has 0 fully saturated rings. The minimum Gasteiger partial charge on any atom is -0.496 e. The largest absolute Gasteiger partial charge is 0.496 e. The summed E-state index contributed by atoms with van der Waals surface area (Å²) in [7, 11) is 1.73. The Bertz CT molecular complexity index is 428. The number of aryl methyl sites for hydroxylation is 1. The number of hydrogen-bond donors (Lipinski definition) is 1. The van der Waals surface area contributed by atoms with E-state index in [0.717, 1.165) is 25.1 Å². The molecule has 2 heteroatoms. The third-order valence-electron chi connectivity index (χ3n) is 2.95. The van der Waals surface area contributed by atoms with Crippen molar-refractivity contribution in [3.05, 3.63) is 29.3 Å². The molecule has 0 heterocycles. The Labute approximate surface area is 111 Å². The van der Waals surface area contributed by atoms with E-state index in [9.17, 15) is 0 Å². The topological polar surface area (TPSA) is 21.3 Å². The van der Waals surface area contributed by atoms with Crippen LogP contribution in [0.1, 0.15) is 43.9 Å². The molecular weight excluding hydrogens is 222 g/mol. The number of nitrogens with one attached hydrogen (secondary N) is 1. The van der Waals surface area contributed by atoms with Crippen molar-refractivity contribution in [3.63, 3.8) is 0 Å². The monoisotopic (exact) mass is 245 g/mol. The highest BCUT2D eigenvalue weighted by molar-refractivity contribution is 5.39. The van der Waals surface area contributed by atoms with E-state index in [4.69, 9.17) is 4.74 Å². The summed E-state index contributed by atoms with van der Waals surface area (Å²) in [4.78, 5) is 0. The second kappa shape index (κ2) is 7.79. The van der Waals surface area contributed by atoms with Gasteiger partial charge in [-0.3, -0.25) is 0 Å². The molecule has 0 radical (unpaired) electrons. The van der Waals surface area contributed by atoms with Crippen LogP contribution >= 0.6 is 0 Å². The Balaban J connectivity index is 2.94. The fraction of sp³-hybridized carbons (Fsp3) is 0.500. The van der Waals surface area contributed by atoms with Crippen LogP contribution in [0, 0.1) is 18.8 Å². The maximum atomic E-state index is 5.46. The number of rotatable bonds is 6. The maximum Gasteiger partial charge on any atom is 0.123 e. The molecule has 18 heavy (non-hydrogen) atoms. The first-order chi connectivity index (χ1) is 8.72. The molecule has 1 aromatic rings. The average Bonchev–Trinajstić information content (AvgIpc) is 2.38. The molecule has 0 aromatic heterocycles. The average molecular weight is 245 g/mol. The van der Waals surface area contributed by atoms with E-state index in [1.165, 1.54) is 11.1 Å². The van der Waals surface area contributed by atoms with E-state index in [1.807, 2.05) is 13.0 Å². The van der Waals surface area contributed by atoms with Crippen LogP contribution in [-0.2, 0) is 0 Å². The summed E-state index contributed by atoms with van der Waals surface area (Å²) < 4.78 is 5.46. The van der Waals surface area contributed by atoms with Crippen molar-refractivity contribution < 1.29 is 4.74 Å². The standard InChI is InChI=1S/C16H23NO/c1-5-7-8-9-15(17-6-2)14-12-13(3)10-11-16(14)18-4/h10-12,15,17H,6,8-9H2,1-4H3. The van der Waals surface area contributed by atoms with Crippen molar-refractivity contribution in [2.75, 3.05) is 13.7 Å². The predicted octanol–water partition coefficient (Wildman–Crippen LogP) is 3.46. The van der Waals surface area contributed by atoms with Crippen LogP contribution < -0.4 is 10.1 Å². The molecule has 1 unspecified atom stereocenters. The lowest BCUT2D eigenvalue weighted by molar-refractivity contribution is 0.396. The zero-order valence-corrected chi connectivity index (χ0v) is 11.8. The van der Waals surface area contributed by atoms with Gasteiger partial charge in [-0.25, -0.2) is 0 Å². The molecule has 1 rings (SSSR count). The molecule has 0 aliphatic heterocycles. The minimum atomic E-state index is 0.311. The molecule has 0 aliphatic carbocycles. The SMILES string of the molecule is CC#CCCC(NCC)c1cc(C)ccc1OC. The highest BCUT2D eigenvalue weighted by atomic mass is 16.5. The highest BCUT2D eigenvalue weighted by Gasteiger charge is 2.14. The summed E-state index contributed by atoms with van der Waals surface area (Å²) in [5.41, 5.74) is 2.49. The zero-order valence-electron chi connectivity index (χ0n) is 11.8. The van der Waals surface area contributed by atoms with Crippen LogP contribution in [-0.4, -0.2) is 13.7 Å². The van der Waals surface area contributed by atoms with E-state index in [0.29, 0.717) is 6.04 Å². The number of hydrogen-bond acceptors (Lipinski definition) is 2. The summed E-state index contributed by atoms with van der Waals surface area (Å²) in [6, 6.07) is 6.63. The smallest absolute Gasteiger partial charge is 0.123 e. The summed E-state index contributed by atoms with van der Waals surface area (Å²) in [6.45, 7) is 7.06. The van der Waals surface area contributed by atoms with Crippen molar-refractivity contribution in [1.29, 1.82) is 0 Å². The minimum absolute atomic E-state index is 0.311. The van der Waals surface area contributed by atoms with Gasteiger partial charge in [0.15, 0.2) is 0 Å². The fourth-order valence-corrected chi connectivity index (χ4v) is 2.08. The first kappa shape index (κ1) is 14.6. The van der Waals surface area contributed by atoms with Crippen LogP contribution in [0.2, 0.25) is 0 Å². The summed E-state index contributed by atoms with van der Waals surface area (Å²) in [6.07, 6.45) is 1.92. The normalized spacial score (nSPS) is 11.6. The van der Waals surface area contributed by atoms with Gasteiger partial charge < -0.3 is 10.1 Å². The molecule has 0 aliphatic rings. The third kappa shape index (κ3) is 4.09. The second-order valence-electron chi connectivity index (χ2n) is 4.32. The molecule has 1 atom stereocenters. The molecule has 0 spiro atoms. The molecule has 2 nitrogen and oxygen atoms in total. The Morgan fingerprint density at radius 1 is 1.39 bits per heavy atom. The summed E-state index contributed by atoms with van der Waals surface area (Å²) in [5.74, 6) is 7.03. The van der Waals surface area contributed by atoms with Crippen molar-refractivity contribution in [3.8, 4) is 17.6 Å². The second-order valence-corrected chi connectivity index (χ2v) is 4.32. The number of methoxy groups -OCH3 is 1. The molecular formula is C16H23NO. The van der Waals surface area contributed by atoms with Crippen LogP contribution in [0.5, 0.6) is 5.75 Å². The van der Waals surface area contributed by atoms with Crippen LogP contribution in [0.15, 0.2) is 18.2 Å². The van der Waals surface area contributed by atoms with Crippen LogP contribution in [0.4, 0.5) is 0 Å². The Morgan fingerprint density at radius 3 is 2.78 bits per heavy atom. The Hall–Kier alpha value is -1.46. The van der Waals surface area contributed by atoms with Gasteiger partial charge in [0.1, 0.15) is 5.75 Å². The lowest BCUT2D eigenvalue weighted by Gasteiger charge is -2.20. The van der Waals surface area contributed by atoms with Gasteiger partial charge in [-0.05, 0) is 32.9 Å². The zero-order chi connectivity index (χ0) is 13.4. The molecule has 98 valence electrons. The predicted molar refractivity (Wildman–Crippen MR) is 76.8 cm³/mol. The molecule has 0 amide bonds. The lowest BCUT2D eigenvalue weighted by atomic mass is 9.99. The molecule has 1 aromatic carbocycles. The lowest BCUT2D eigenvalue weighted by Crippen LogP contribution is -2.21. The van der Waals surface area contributed by atoms with Gasteiger partial charge in [0, 0.05) is 18.0 Å². The van der Waals surface area contributed by atoms with Gasteiger partial charge in [-0.1, -0.05) is 24.6 Å². The molecule has 1 N–H and O–H groups in total. The first-order valence-electron chi connectivity index (χ1n) is 6.50. The Kier molecular flexibility index (Phi) is 6.32. The third-order valence-corrected chi connectivity index (χ3v) is 2.95. The summed E-state index contributed by atoms with van der Waals surface area (Å²) in [5, 5.41) is 3.51. The quantitative estimate of drug-likeness (QED) is 0.775. The van der Waals surface area contributed by atoms with Gasteiger partial charge in [0.25, 0.3) is 0 Å². The maximum absolute atomic E-state index is 5.46. The van der Waals surface area contributed by atoms with E-state index < -0.39 is 0 Å². The van der Waals surface area contributed by atoms with Gasteiger partial charge in [0.2, 0.25) is 0 Å². The van der Waals surface area contributed by atoms with Gasteiger partial charge in [-0.2, -0.15) is 0 Å². The Morgan fingerprint density at radius 2 is 2.17 bits per heavy atom. The van der Waals surface area contributed by atoms with E-state index in [2.05, 4.69) is 43.1 Å².